The molecular weight excluding hydrogens is 107 g/mol. The molecule has 0 aromatic heterocycles. The first-order valence-electron chi connectivity index (χ1n) is 2.38. The maximum Gasteiger partial charge on any atom is 0.371 e. The summed E-state index contributed by atoms with van der Waals surface area (Å²) in [7, 11) is 0. The average Bonchev–Trinajstić information content (AvgIpc) is 1.69. The van der Waals surface area contributed by atoms with Gasteiger partial charge in [0.2, 0.25) is 0 Å². The van der Waals surface area contributed by atoms with Crippen LogP contribution in [-0.4, -0.2) is 19.6 Å². The minimum Gasteiger partial charge on any atom is -0.429 e. The van der Waals surface area contributed by atoms with Gasteiger partial charge in [0.15, 0.2) is 0 Å². The van der Waals surface area contributed by atoms with E-state index >= 15 is 0 Å². The predicted molar refractivity (Wildman–Crippen MR) is 35.5 cm³/mol. The zero-order valence-electron chi connectivity index (χ0n) is 4.81. The molecule has 0 aliphatic rings. The van der Waals surface area contributed by atoms with Gasteiger partial charge in [-0.1, -0.05) is 6.92 Å². The lowest BCUT2D eigenvalue weighted by Crippen LogP contribution is -1.93. The van der Waals surface area contributed by atoms with E-state index in [1.165, 1.54) is 0 Å². The third-order valence-electron chi connectivity index (χ3n) is 0.486. The van der Waals surface area contributed by atoms with Crippen molar-refractivity contribution in [2.24, 2.45) is 0 Å². The topological polar surface area (TPSA) is 9.23 Å². The van der Waals surface area contributed by atoms with Crippen molar-refractivity contribution in [3.05, 3.63) is 0 Å². The SMILES string of the molecule is CCCO[B]SC. The molecule has 0 aromatic carbocycles. The van der Waals surface area contributed by atoms with Crippen LogP contribution in [0.4, 0.5) is 0 Å². The van der Waals surface area contributed by atoms with Crippen LogP contribution in [0.1, 0.15) is 13.3 Å². The molecule has 7 heavy (non-hydrogen) atoms. The molecule has 0 heterocycles. The van der Waals surface area contributed by atoms with Gasteiger partial charge in [-0.15, -0.1) is 0 Å². The molecule has 0 aliphatic heterocycles. The van der Waals surface area contributed by atoms with Gasteiger partial charge in [0.25, 0.3) is 0 Å². The van der Waals surface area contributed by atoms with E-state index in [2.05, 4.69) is 6.92 Å². The van der Waals surface area contributed by atoms with Gasteiger partial charge >= 0.3 is 6.76 Å². The molecule has 0 fully saturated rings. The first-order valence-corrected chi connectivity index (χ1v) is 3.66. The Labute approximate surface area is 50.0 Å². The lowest BCUT2D eigenvalue weighted by Gasteiger charge is -1.93. The third-order valence-corrected chi connectivity index (χ3v) is 0.815. The van der Waals surface area contributed by atoms with Crippen LogP contribution in [0.15, 0.2) is 0 Å². The summed E-state index contributed by atoms with van der Waals surface area (Å²) in [6.07, 6.45) is 3.08. The van der Waals surface area contributed by atoms with Gasteiger partial charge in [-0.05, 0) is 12.7 Å². The molecule has 1 nitrogen and oxygen atoms in total. The van der Waals surface area contributed by atoms with Gasteiger partial charge in [-0.25, -0.2) is 0 Å². The minimum atomic E-state index is 0.848. The van der Waals surface area contributed by atoms with E-state index in [0.717, 1.165) is 13.0 Å². The van der Waals surface area contributed by atoms with E-state index in [1.807, 2.05) is 6.26 Å². The van der Waals surface area contributed by atoms with E-state index < -0.39 is 0 Å². The molecule has 1 radical (unpaired) electrons. The Morgan fingerprint density at radius 3 is 2.86 bits per heavy atom. The Morgan fingerprint density at radius 1 is 1.71 bits per heavy atom. The first-order chi connectivity index (χ1) is 3.41. The Morgan fingerprint density at radius 2 is 2.43 bits per heavy atom. The maximum atomic E-state index is 4.97. The monoisotopic (exact) mass is 117 g/mol. The van der Waals surface area contributed by atoms with Crippen molar-refractivity contribution >= 4 is 18.4 Å². The van der Waals surface area contributed by atoms with Crippen LogP contribution in [-0.2, 0) is 4.65 Å². The van der Waals surface area contributed by atoms with Crippen molar-refractivity contribution < 1.29 is 4.65 Å². The fourth-order valence-electron chi connectivity index (χ4n) is 0.234. The van der Waals surface area contributed by atoms with E-state index in [0.29, 0.717) is 0 Å². The van der Waals surface area contributed by atoms with E-state index in [-0.39, 0.29) is 0 Å². The zero-order valence-corrected chi connectivity index (χ0v) is 5.62. The molecule has 0 saturated heterocycles. The fraction of sp³-hybridized carbons (Fsp3) is 1.00. The quantitative estimate of drug-likeness (QED) is 0.405. The highest BCUT2D eigenvalue weighted by molar-refractivity contribution is 8.21. The van der Waals surface area contributed by atoms with E-state index in [9.17, 15) is 0 Å². The number of rotatable bonds is 4. The summed E-state index contributed by atoms with van der Waals surface area (Å²) in [6.45, 7) is 4.69. The lowest BCUT2D eigenvalue weighted by atomic mass is 10.5. The van der Waals surface area contributed by atoms with Gasteiger partial charge in [0, 0.05) is 6.61 Å². The molecule has 0 amide bonds. The molecule has 0 spiro atoms. The minimum absolute atomic E-state index is 0.848. The van der Waals surface area contributed by atoms with Crippen LogP contribution in [0, 0.1) is 0 Å². The van der Waals surface area contributed by atoms with Gasteiger partial charge in [-0.3, -0.25) is 0 Å². The Bertz CT molecular complexity index is 30.9. The molecule has 0 atom stereocenters. The van der Waals surface area contributed by atoms with Crippen LogP contribution in [0.5, 0.6) is 0 Å². The van der Waals surface area contributed by atoms with Crippen LogP contribution in [0.25, 0.3) is 0 Å². The number of hydrogen-bond acceptors (Lipinski definition) is 2. The van der Waals surface area contributed by atoms with Gasteiger partial charge in [0.1, 0.15) is 0 Å². The molecule has 0 aromatic rings. The molecule has 41 valence electrons. The smallest absolute Gasteiger partial charge is 0.371 e. The summed E-state index contributed by atoms with van der Waals surface area (Å²) in [5.41, 5.74) is 0. The zero-order chi connectivity index (χ0) is 5.54. The Kier molecular flexibility index (Phi) is 6.72. The highest BCUT2D eigenvalue weighted by Crippen LogP contribution is 1.87. The molecular formula is C4H10BOS. The van der Waals surface area contributed by atoms with Crippen LogP contribution in [0.2, 0.25) is 0 Å². The van der Waals surface area contributed by atoms with Crippen LogP contribution < -0.4 is 0 Å². The van der Waals surface area contributed by atoms with Crippen molar-refractivity contribution in [2.75, 3.05) is 12.9 Å². The maximum absolute atomic E-state index is 4.97. The van der Waals surface area contributed by atoms with Gasteiger partial charge < -0.3 is 4.65 Å². The van der Waals surface area contributed by atoms with Crippen molar-refractivity contribution in [3.63, 3.8) is 0 Å². The van der Waals surface area contributed by atoms with Gasteiger partial charge in [0.05, 0.1) is 0 Å². The standard InChI is InChI=1S/C4H10BOS/c1-3-4-6-5-7-2/h3-4H2,1-2H3. The lowest BCUT2D eigenvalue weighted by molar-refractivity contribution is 0.345. The van der Waals surface area contributed by atoms with Gasteiger partial charge in [-0.2, -0.15) is 11.6 Å². The van der Waals surface area contributed by atoms with Crippen LogP contribution in [0.3, 0.4) is 0 Å². The summed E-state index contributed by atoms with van der Waals surface area (Å²) < 4.78 is 4.97. The second-order valence-corrected chi connectivity index (χ2v) is 1.87. The normalized spacial score (nSPS) is 8.86. The van der Waals surface area contributed by atoms with E-state index in [1.54, 1.807) is 18.4 Å². The summed E-state index contributed by atoms with van der Waals surface area (Å²) >= 11 is 1.59. The highest BCUT2D eigenvalue weighted by Gasteiger charge is 1.83. The molecule has 0 unspecified atom stereocenters. The Hall–Kier alpha value is 0.375. The molecule has 0 saturated carbocycles. The van der Waals surface area contributed by atoms with Crippen molar-refractivity contribution in [3.8, 4) is 0 Å². The largest absolute Gasteiger partial charge is 0.429 e. The van der Waals surface area contributed by atoms with Crippen LogP contribution >= 0.6 is 11.6 Å². The summed E-state index contributed by atoms with van der Waals surface area (Å²) in [5.74, 6) is 0. The highest BCUT2D eigenvalue weighted by atomic mass is 32.2. The first kappa shape index (κ1) is 7.37. The third kappa shape index (κ3) is 6.37. The number of hydrogen-bond donors (Lipinski definition) is 0. The molecule has 0 bridgehead atoms. The van der Waals surface area contributed by atoms with Crippen molar-refractivity contribution in [2.45, 2.75) is 13.3 Å². The molecule has 0 aliphatic carbocycles. The second-order valence-electron chi connectivity index (χ2n) is 1.20. The summed E-state index contributed by atoms with van der Waals surface area (Å²) in [6, 6.07) is 0. The molecule has 0 N–H and O–H groups in total. The fourth-order valence-corrected chi connectivity index (χ4v) is 0.466. The van der Waals surface area contributed by atoms with E-state index in [4.69, 9.17) is 4.65 Å². The van der Waals surface area contributed by atoms with Crippen molar-refractivity contribution in [1.82, 2.24) is 0 Å². The second kappa shape index (κ2) is 6.37. The predicted octanol–water partition coefficient (Wildman–Crippen LogP) is 1.31. The summed E-state index contributed by atoms with van der Waals surface area (Å²) in [4.78, 5) is 0. The molecule has 0 rings (SSSR count). The Balaban J connectivity index is 2.45. The average molecular weight is 117 g/mol. The molecule has 3 heteroatoms. The summed E-state index contributed by atoms with van der Waals surface area (Å²) in [5, 5.41) is 0. The van der Waals surface area contributed by atoms with Crippen molar-refractivity contribution in [1.29, 1.82) is 0 Å².